The Balaban J connectivity index is 3.03. The van der Waals surface area contributed by atoms with Crippen LogP contribution < -0.4 is 0 Å². The minimum absolute atomic E-state index is 0.000943. The van der Waals surface area contributed by atoms with Crippen molar-refractivity contribution in [2.24, 2.45) is 5.41 Å². The summed E-state index contributed by atoms with van der Waals surface area (Å²) in [4.78, 5) is 23.6. The third-order valence-corrected chi connectivity index (χ3v) is 5.39. The highest BCUT2D eigenvalue weighted by atomic mass is 35.5. The van der Waals surface area contributed by atoms with E-state index < -0.39 is 21.4 Å². The predicted molar refractivity (Wildman–Crippen MR) is 87.1 cm³/mol. The van der Waals surface area contributed by atoms with Gasteiger partial charge in [0.15, 0.2) is 12.4 Å². The van der Waals surface area contributed by atoms with Gasteiger partial charge in [0.1, 0.15) is 4.90 Å². The van der Waals surface area contributed by atoms with Gasteiger partial charge in [0, 0.05) is 19.5 Å². The average Bonchev–Trinajstić information content (AvgIpc) is 2.43. The van der Waals surface area contributed by atoms with Crippen molar-refractivity contribution in [3.8, 4) is 0 Å². The average molecular weight is 362 g/mol. The quantitative estimate of drug-likeness (QED) is 0.752. The van der Waals surface area contributed by atoms with Gasteiger partial charge in [-0.3, -0.25) is 4.79 Å². The molecule has 0 atom stereocenters. The van der Waals surface area contributed by atoms with E-state index in [1.54, 1.807) is 20.8 Å². The van der Waals surface area contributed by atoms with E-state index in [4.69, 9.17) is 16.3 Å². The molecule has 0 spiro atoms. The first-order valence-corrected chi connectivity index (χ1v) is 8.61. The summed E-state index contributed by atoms with van der Waals surface area (Å²) in [5.74, 6) is -1.02. The fraction of sp³-hybridized carbons (Fsp3) is 0.467. The largest absolute Gasteiger partial charge is 0.454 e. The molecule has 128 valence electrons. The topological polar surface area (TPSA) is 80.8 Å². The number of ether oxygens (including phenoxy) is 1. The van der Waals surface area contributed by atoms with Crippen LogP contribution in [0, 0.1) is 5.41 Å². The van der Waals surface area contributed by atoms with E-state index >= 15 is 0 Å². The van der Waals surface area contributed by atoms with Crippen molar-refractivity contribution < 1.29 is 22.7 Å². The van der Waals surface area contributed by atoms with Crippen molar-refractivity contribution in [3.63, 3.8) is 0 Å². The molecule has 1 aromatic rings. The molecule has 0 saturated carbocycles. The van der Waals surface area contributed by atoms with Crippen LogP contribution in [0.5, 0.6) is 0 Å². The smallest absolute Gasteiger partial charge is 0.338 e. The highest BCUT2D eigenvalue weighted by Crippen LogP contribution is 2.25. The van der Waals surface area contributed by atoms with Gasteiger partial charge >= 0.3 is 5.97 Å². The monoisotopic (exact) mass is 361 g/mol. The van der Waals surface area contributed by atoms with E-state index in [0.717, 1.165) is 10.4 Å². The Labute approximate surface area is 141 Å². The molecule has 23 heavy (non-hydrogen) atoms. The first kappa shape index (κ1) is 19.6. The number of carbonyl (C=O) groups is 2. The van der Waals surface area contributed by atoms with Gasteiger partial charge in [0.05, 0.1) is 10.6 Å². The van der Waals surface area contributed by atoms with Crippen molar-refractivity contribution in [1.29, 1.82) is 0 Å². The summed E-state index contributed by atoms with van der Waals surface area (Å²) in [6.45, 7) is 4.77. The van der Waals surface area contributed by atoms with E-state index in [9.17, 15) is 18.0 Å². The molecule has 0 aliphatic heterocycles. The van der Waals surface area contributed by atoms with Crippen molar-refractivity contribution in [3.05, 3.63) is 28.8 Å². The number of Topliss-reactive ketones (excluding diaryl/α,β-unsaturated/α-hetero) is 1. The second-order valence-corrected chi connectivity index (χ2v) is 8.71. The molecule has 8 heteroatoms. The highest BCUT2D eigenvalue weighted by Gasteiger charge is 2.25. The number of rotatable bonds is 5. The van der Waals surface area contributed by atoms with Crippen LogP contribution in [0.1, 0.15) is 31.1 Å². The fourth-order valence-electron chi connectivity index (χ4n) is 1.46. The van der Waals surface area contributed by atoms with E-state index in [2.05, 4.69) is 0 Å². The summed E-state index contributed by atoms with van der Waals surface area (Å²) in [7, 11) is -1.07. The highest BCUT2D eigenvalue weighted by molar-refractivity contribution is 7.89. The zero-order valence-corrected chi connectivity index (χ0v) is 15.3. The zero-order valence-electron chi connectivity index (χ0n) is 13.7. The molecule has 6 nitrogen and oxygen atoms in total. The number of hydrogen-bond donors (Lipinski definition) is 0. The van der Waals surface area contributed by atoms with E-state index in [-0.39, 0.29) is 27.9 Å². The van der Waals surface area contributed by atoms with Crippen LogP contribution in [0.2, 0.25) is 5.02 Å². The van der Waals surface area contributed by atoms with Crippen LogP contribution in [0.25, 0.3) is 0 Å². The molecule has 1 aromatic carbocycles. The number of sulfonamides is 1. The lowest BCUT2D eigenvalue weighted by Crippen LogP contribution is -2.26. The number of hydrogen-bond acceptors (Lipinski definition) is 5. The molecule has 0 N–H and O–H groups in total. The number of ketones is 1. The lowest BCUT2D eigenvalue weighted by Gasteiger charge is -2.16. The van der Waals surface area contributed by atoms with Crippen LogP contribution in [-0.4, -0.2) is 45.2 Å². The number of halogens is 1. The van der Waals surface area contributed by atoms with Gasteiger partial charge in [0.25, 0.3) is 0 Å². The molecule has 0 aromatic heterocycles. The molecule has 0 bridgehead atoms. The SMILES string of the molecule is CN(C)S(=O)(=O)c1cc(C(=O)OCC(=O)C(C)(C)C)ccc1Cl. The van der Waals surface area contributed by atoms with Gasteiger partial charge in [-0.25, -0.2) is 17.5 Å². The van der Waals surface area contributed by atoms with Crippen molar-refractivity contribution in [2.45, 2.75) is 25.7 Å². The lowest BCUT2D eigenvalue weighted by molar-refractivity contribution is -0.129. The van der Waals surface area contributed by atoms with Gasteiger partial charge in [0.2, 0.25) is 10.0 Å². The Bertz CT molecular complexity index is 720. The maximum atomic E-state index is 12.2. The van der Waals surface area contributed by atoms with Crippen LogP contribution in [-0.2, 0) is 19.6 Å². The Morgan fingerprint density at radius 1 is 1.22 bits per heavy atom. The minimum atomic E-state index is -3.79. The standard InChI is InChI=1S/C15H20ClNO5S/c1-15(2,3)13(18)9-22-14(19)10-6-7-11(16)12(8-10)23(20,21)17(4)5/h6-8H,9H2,1-5H3. The Morgan fingerprint density at radius 2 is 1.78 bits per heavy atom. The van der Waals surface area contributed by atoms with Gasteiger partial charge in [-0.05, 0) is 18.2 Å². The summed E-state index contributed by atoms with van der Waals surface area (Å²) >= 11 is 5.90. The summed E-state index contributed by atoms with van der Waals surface area (Å²) < 4.78 is 30.3. The maximum Gasteiger partial charge on any atom is 0.338 e. The molecule has 0 amide bonds. The normalized spacial score (nSPS) is 12.3. The third-order valence-electron chi connectivity index (χ3n) is 3.10. The van der Waals surface area contributed by atoms with Gasteiger partial charge in [-0.15, -0.1) is 0 Å². The summed E-state index contributed by atoms with van der Waals surface area (Å²) in [6.07, 6.45) is 0. The second-order valence-electron chi connectivity index (χ2n) is 6.18. The Morgan fingerprint density at radius 3 is 2.26 bits per heavy atom. The molecule has 0 heterocycles. The fourth-order valence-corrected chi connectivity index (χ4v) is 2.85. The van der Waals surface area contributed by atoms with Crippen molar-refractivity contribution >= 4 is 33.4 Å². The Hall–Kier alpha value is -1.44. The molecular formula is C15H20ClNO5S. The summed E-state index contributed by atoms with van der Waals surface area (Å²) in [5, 5.41) is 0.000943. The van der Waals surface area contributed by atoms with Crippen LogP contribution >= 0.6 is 11.6 Å². The number of benzene rings is 1. The summed E-state index contributed by atoms with van der Waals surface area (Å²) in [5.41, 5.74) is -0.615. The van der Waals surface area contributed by atoms with Gasteiger partial charge in [-0.2, -0.15) is 0 Å². The van der Waals surface area contributed by atoms with Crippen LogP contribution in [0.4, 0.5) is 0 Å². The lowest BCUT2D eigenvalue weighted by atomic mass is 9.91. The zero-order chi connectivity index (χ0) is 18.0. The third kappa shape index (κ3) is 4.76. The Kier molecular flexibility index (Phi) is 5.95. The number of nitrogens with zero attached hydrogens (tertiary/aromatic N) is 1. The molecule has 0 unspecified atom stereocenters. The maximum absolute atomic E-state index is 12.2. The number of carbonyl (C=O) groups excluding carboxylic acids is 2. The van der Waals surface area contributed by atoms with E-state index in [1.165, 1.54) is 26.2 Å². The molecule has 0 fully saturated rings. The van der Waals surface area contributed by atoms with Gasteiger partial charge < -0.3 is 4.74 Å². The van der Waals surface area contributed by atoms with Crippen molar-refractivity contribution in [2.75, 3.05) is 20.7 Å². The molecule has 0 radical (unpaired) electrons. The molecule has 0 aliphatic carbocycles. The summed E-state index contributed by atoms with van der Waals surface area (Å²) in [6, 6.07) is 3.79. The minimum Gasteiger partial charge on any atom is -0.454 e. The van der Waals surface area contributed by atoms with Crippen molar-refractivity contribution in [1.82, 2.24) is 4.31 Å². The number of esters is 1. The van der Waals surface area contributed by atoms with E-state index in [0.29, 0.717) is 0 Å². The molecular weight excluding hydrogens is 342 g/mol. The molecule has 1 rings (SSSR count). The van der Waals surface area contributed by atoms with Crippen LogP contribution in [0.3, 0.4) is 0 Å². The second kappa shape index (κ2) is 6.98. The molecule has 0 saturated heterocycles. The van der Waals surface area contributed by atoms with E-state index in [1.807, 2.05) is 0 Å². The van der Waals surface area contributed by atoms with Gasteiger partial charge in [-0.1, -0.05) is 32.4 Å². The predicted octanol–water partition coefficient (Wildman–Crippen LogP) is 2.36. The first-order valence-electron chi connectivity index (χ1n) is 6.80. The van der Waals surface area contributed by atoms with Crippen LogP contribution in [0.15, 0.2) is 23.1 Å². The first-order chi connectivity index (χ1) is 10.4. The molecule has 0 aliphatic rings.